The van der Waals surface area contributed by atoms with Crippen molar-refractivity contribution in [3.63, 3.8) is 0 Å². The standard InChI is InChI=1S/C27H31N3O3/c1-32-18-21-6-7-25(33-2)24(15-21)17-30-13-10-27(19-30,26(28)31)16-20-4-3-5-23(14-20)22-8-11-29-12-9-22/h3-9,11-12,14-15H,10,13,16-19H2,1-2H3,(H2,28,31)/t27-/m0/s1. The molecule has 0 radical (unpaired) electrons. The monoisotopic (exact) mass is 445 g/mol. The first-order valence-electron chi connectivity index (χ1n) is 11.2. The summed E-state index contributed by atoms with van der Waals surface area (Å²) in [6.45, 7) is 2.69. The Hall–Kier alpha value is -3.22. The molecule has 1 aliphatic heterocycles. The quantitative estimate of drug-likeness (QED) is 0.542. The summed E-state index contributed by atoms with van der Waals surface area (Å²) in [7, 11) is 3.37. The Morgan fingerprint density at radius 2 is 1.88 bits per heavy atom. The number of ether oxygens (including phenoxy) is 2. The summed E-state index contributed by atoms with van der Waals surface area (Å²) < 4.78 is 10.9. The first-order chi connectivity index (χ1) is 16.0. The van der Waals surface area contributed by atoms with Crippen LogP contribution in [0.5, 0.6) is 5.75 Å². The highest BCUT2D eigenvalue weighted by atomic mass is 16.5. The number of carbonyl (C=O) groups excluding carboxylic acids is 1. The van der Waals surface area contributed by atoms with Gasteiger partial charge in [-0.2, -0.15) is 0 Å². The van der Waals surface area contributed by atoms with E-state index in [4.69, 9.17) is 15.2 Å². The number of primary amides is 1. The van der Waals surface area contributed by atoms with Crippen LogP contribution in [-0.2, 0) is 29.1 Å². The van der Waals surface area contributed by atoms with Gasteiger partial charge in [0.25, 0.3) is 0 Å². The largest absolute Gasteiger partial charge is 0.496 e. The first kappa shape index (κ1) is 23.0. The highest BCUT2D eigenvalue weighted by Crippen LogP contribution is 2.36. The average Bonchev–Trinajstić information content (AvgIpc) is 3.24. The van der Waals surface area contributed by atoms with Crippen LogP contribution >= 0.6 is 0 Å². The molecule has 1 fully saturated rings. The zero-order valence-corrected chi connectivity index (χ0v) is 19.3. The van der Waals surface area contributed by atoms with Gasteiger partial charge < -0.3 is 15.2 Å². The van der Waals surface area contributed by atoms with Crippen molar-refractivity contribution in [2.45, 2.75) is 26.0 Å². The van der Waals surface area contributed by atoms with Crippen molar-refractivity contribution in [2.24, 2.45) is 11.1 Å². The Morgan fingerprint density at radius 1 is 1.06 bits per heavy atom. The van der Waals surface area contributed by atoms with Gasteiger partial charge in [-0.15, -0.1) is 0 Å². The molecule has 2 aromatic carbocycles. The molecular formula is C27H31N3O3. The molecule has 2 heterocycles. The molecular weight excluding hydrogens is 414 g/mol. The Bertz CT molecular complexity index is 1100. The molecule has 0 saturated carbocycles. The lowest BCUT2D eigenvalue weighted by Crippen LogP contribution is -2.41. The zero-order valence-electron chi connectivity index (χ0n) is 19.3. The molecule has 33 heavy (non-hydrogen) atoms. The van der Waals surface area contributed by atoms with Crippen LogP contribution in [0.25, 0.3) is 11.1 Å². The summed E-state index contributed by atoms with van der Waals surface area (Å²) in [4.78, 5) is 19.1. The number of hydrogen-bond donors (Lipinski definition) is 1. The smallest absolute Gasteiger partial charge is 0.225 e. The van der Waals surface area contributed by atoms with Crippen LogP contribution < -0.4 is 10.5 Å². The minimum atomic E-state index is -0.589. The fourth-order valence-electron chi connectivity index (χ4n) is 4.77. The summed E-state index contributed by atoms with van der Waals surface area (Å²) in [6.07, 6.45) is 4.94. The minimum Gasteiger partial charge on any atom is -0.496 e. The van der Waals surface area contributed by atoms with E-state index in [2.05, 4.69) is 34.1 Å². The second-order valence-corrected chi connectivity index (χ2v) is 8.80. The van der Waals surface area contributed by atoms with Gasteiger partial charge in [0.15, 0.2) is 0 Å². The summed E-state index contributed by atoms with van der Waals surface area (Å²) in [5.41, 5.74) is 10.9. The average molecular weight is 446 g/mol. The summed E-state index contributed by atoms with van der Waals surface area (Å²) >= 11 is 0. The number of nitrogens with zero attached hydrogens (tertiary/aromatic N) is 2. The van der Waals surface area contributed by atoms with Gasteiger partial charge in [-0.05, 0) is 65.9 Å². The number of nitrogens with two attached hydrogens (primary N) is 1. The molecule has 3 aromatic rings. The molecule has 0 unspecified atom stereocenters. The third kappa shape index (κ3) is 5.24. The predicted octanol–water partition coefficient (Wildman–Crippen LogP) is 3.82. The highest BCUT2D eigenvalue weighted by molar-refractivity contribution is 5.82. The van der Waals surface area contributed by atoms with Gasteiger partial charge in [-0.1, -0.05) is 30.3 Å². The molecule has 2 N–H and O–H groups in total. The number of methoxy groups -OCH3 is 2. The predicted molar refractivity (Wildman–Crippen MR) is 129 cm³/mol. The van der Waals surface area contributed by atoms with Crippen LogP contribution in [0, 0.1) is 5.41 Å². The van der Waals surface area contributed by atoms with E-state index in [1.165, 1.54) is 0 Å². The van der Waals surface area contributed by atoms with E-state index in [0.717, 1.165) is 46.5 Å². The van der Waals surface area contributed by atoms with E-state index < -0.39 is 5.41 Å². The van der Waals surface area contributed by atoms with E-state index in [0.29, 0.717) is 26.1 Å². The minimum absolute atomic E-state index is 0.237. The van der Waals surface area contributed by atoms with E-state index in [9.17, 15) is 4.79 Å². The van der Waals surface area contributed by atoms with Crippen LogP contribution in [0.1, 0.15) is 23.1 Å². The fourth-order valence-corrected chi connectivity index (χ4v) is 4.77. The molecule has 1 aromatic heterocycles. The molecule has 0 spiro atoms. The summed E-state index contributed by atoms with van der Waals surface area (Å²) in [6, 6.07) is 18.4. The van der Waals surface area contributed by atoms with Gasteiger partial charge in [0.2, 0.25) is 5.91 Å². The molecule has 172 valence electrons. The number of aromatic nitrogens is 1. The number of likely N-dealkylation sites (tertiary alicyclic amines) is 1. The molecule has 1 amide bonds. The van der Waals surface area contributed by atoms with Crippen LogP contribution in [0.4, 0.5) is 0 Å². The Kier molecular flexibility index (Phi) is 7.06. The number of carbonyl (C=O) groups is 1. The third-order valence-electron chi connectivity index (χ3n) is 6.49. The van der Waals surface area contributed by atoms with E-state index >= 15 is 0 Å². The maximum atomic E-state index is 12.7. The first-order valence-corrected chi connectivity index (χ1v) is 11.2. The molecule has 1 atom stereocenters. The molecule has 1 aliphatic rings. The third-order valence-corrected chi connectivity index (χ3v) is 6.49. The normalized spacial score (nSPS) is 18.4. The molecule has 0 bridgehead atoms. The van der Waals surface area contributed by atoms with E-state index in [1.807, 2.05) is 30.3 Å². The molecule has 4 rings (SSSR count). The fraction of sp³-hybridized carbons (Fsp3) is 0.333. The Balaban J connectivity index is 1.52. The maximum Gasteiger partial charge on any atom is 0.225 e. The highest BCUT2D eigenvalue weighted by Gasteiger charge is 2.43. The lowest BCUT2D eigenvalue weighted by molar-refractivity contribution is -0.127. The Morgan fingerprint density at radius 3 is 2.61 bits per heavy atom. The summed E-state index contributed by atoms with van der Waals surface area (Å²) in [5.74, 6) is 0.607. The van der Waals surface area contributed by atoms with Crippen molar-refractivity contribution in [1.29, 1.82) is 0 Å². The maximum absolute atomic E-state index is 12.7. The van der Waals surface area contributed by atoms with Crippen molar-refractivity contribution < 1.29 is 14.3 Å². The number of pyridine rings is 1. The van der Waals surface area contributed by atoms with Crippen molar-refractivity contribution >= 4 is 5.91 Å². The van der Waals surface area contributed by atoms with Crippen LogP contribution in [0.15, 0.2) is 67.0 Å². The number of amides is 1. The van der Waals surface area contributed by atoms with Gasteiger partial charge in [0.05, 0.1) is 19.1 Å². The zero-order chi connectivity index (χ0) is 23.3. The molecule has 6 nitrogen and oxygen atoms in total. The van der Waals surface area contributed by atoms with Gasteiger partial charge >= 0.3 is 0 Å². The van der Waals surface area contributed by atoms with Crippen LogP contribution in [-0.4, -0.2) is 43.1 Å². The number of benzene rings is 2. The lowest BCUT2D eigenvalue weighted by atomic mass is 9.79. The van der Waals surface area contributed by atoms with Gasteiger partial charge in [0, 0.05) is 38.2 Å². The van der Waals surface area contributed by atoms with Crippen molar-refractivity contribution in [2.75, 3.05) is 27.3 Å². The van der Waals surface area contributed by atoms with Gasteiger partial charge in [-0.3, -0.25) is 14.7 Å². The van der Waals surface area contributed by atoms with E-state index in [-0.39, 0.29) is 5.91 Å². The van der Waals surface area contributed by atoms with Crippen LogP contribution in [0.2, 0.25) is 0 Å². The number of hydrogen-bond acceptors (Lipinski definition) is 5. The molecule has 0 aliphatic carbocycles. The van der Waals surface area contributed by atoms with E-state index in [1.54, 1.807) is 26.6 Å². The topological polar surface area (TPSA) is 77.7 Å². The van der Waals surface area contributed by atoms with Gasteiger partial charge in [0.1, 0.15) is 5.75 Å². The molecule has 6 heteroatoms. The Labute approximate surface area is 195 Å². The second-order valence-electron chi connectivity index (χ2n) is 8.80. The van der Waals surface area contributed by atoms with Crippen molar-refractivity contribution in [3.8, 4) is 16.9 Å². The second kappa shape index (κ2) is 10.1. The van der Waals surface area contributed by atoms with Crippen molar-refractivity contribution in [1.82, 2.24) is 9.88 Å². The van der Waals surface area contributed by atoms with Crippen LogP contribution in [0.3, 0.4) is 0 Å². The van der Waals surface area contributed by atoms with Crippen molar-refractivity contribution in [3.05, 3.63) is 83.7 Å². The summed E-state index contributed by atoms with van der Waals surface area (Å²) in [5, 5.41) is 0. The SMILES string of the molecule is COCc1ccc(OC)c(CN2CC[C@@](Cc3cccc(-c4ccncc4)c3)(C(N)=O)C2)c1. The van der Waals surface area contributed by atoms with Gasteiger partial charge in [-0.25, -0.2) is 0 Å². The lowest BCUT2D eigenvalue weighted by Gasteiger charge is -2.27. The molecule has 1 saturated heterocycles. The number of rotatable bonds is 9.